The van der Waals surface area contributed by atoms with Crippen LogP contribution in [0.15, 0.2) is 67.0 Å². The van der Waals surface area contributed by atoms with Crippen LogP contribution >= 0.6 is 11.3 Å². The van der Waals surface area contributed by atoms with Crippen molar-refractivity contribution < 1.29 is 4.79 Å². The van der Waals surface area contributed by atoms with Gasteiger partial charge < -0.3 is 4.57 Å². The molecule has 0 unspecified atom stereocenters. The molecule has 4 rings (SSSR count). The van der Waals surface area contributed by atoms with Gasteiger partial charge in [-0.25, -0.2) is 9.97 Å². The maximum Gasteiger partial charge on any atom is 0.257 e. The Bertz CT molecular complexity index is 1190. The second kappa shape index (κ2) is 7.47. The van der Waals surface area contributed by atoms with Crippen molar-refractivity contribution >= 4 is 22.4 Å². The fourth-order valence-electron chi connectivity index (χ4n) is 2.80. The van der Waals surface area contributed by atoms with E-state index in [2.05, 4.69) is 15.3 Å². The molecule has 2 aromatic heterocycles. The Balaban J connectivity index is 1.72. The lowest BCUT2D eigenvalue weighted by molar-refractivity contribution is 0.102. The monoisotopic (exact) mass is 385 g/mol. The number of rotatable bonds is 4. The topological polar surface area (TPSA) is 83.6 Å². The molecular weight excluding hydrogens is 370 g/mol. The number of thiazole rings is 1. The molecule has 0 saturated heterocycles. The third-order valence-electron chi connectivity index (χ3n) is 4.17. The predicted molar refractivity (Wildman–Crippen MR) is 109 cm³/mol. The molecule has 0 spiro atoms. The van der Waals surface area contributed by atoms with Crippen LogP contribution in [0.2, 0.25) is 0 Å². The molecular formula is C21H15N5OS. The first-order chi connectivity index (χ1) is 13.7. The number of aromatic nitrogens is 3. The van der Waals surface area contributed by atoms with Crippen LogP contribution in [0.25, 0.3) is 22.0 Å². The highest BCUT2D eigenvalue weighted by Gasteiger charge is 2.19. The third kappa shape index (κ3) is 3.41. The first-order valence-electron chi connectivity index (χ1n) is 8.51. The smallest absolute Gasteiger partial charge is 0.257 e. The van der Waals surface area contributed by atoms with Gasteiger partial charge in [0.05, 0.1) is 22.2 Å². The van der Waals surface area contributed by atoms with Gasteiger partial charge in [-0.3, -0.25) is 10.1 Å². The number of carbonyl (C=O) groups is 1. The zero-order valence-electron chi connectivity index (χ0n) is 15.0. The molecule has 1 amide bonds. The highest BCUT2D eigenvalue weighted by molar-refractivity contribution is 7.19. The molecule has 7 heteroatoms. The highest BCUT2D eigenvalue weighted by Crippen LogP contribution is 2.38. The summed E-state index contributed by atoms with van der Waals surface area (Å²) in [6.45, 7) is 0. The van der Waals surface area contributed by atoms with Crippen LogP contribution in [0, 0.1) is 11.3 Å². The summed E-state index contributed by atoms with van der Waals surface area (Å²) in [5, 5.41) is 12.3. The number of nitriles is 1. The van der Waals surface area contributed by atoms with Gasteiger partial charge in [-0.1, -0.05) is 47.7 Å². The molecule has 4 aromatic rings. The fraction of sp³-hybridized carbons (Fsp3) is 0.0476. The van der Waals surface area contributed by atoms with Gasteiger partial charge in [0, 0.05) is 30.6 Å². The number of amides is 1. The van der Waals surface area contributed by atoms with Gasteiger partial charge in [-0.2, -0.15) is 5.26 Å². The van der Waals surface area contributed by atoms with Gasteiger partial charge in [-0.05, 0) is 18.2 Å². The fourth-order valence-corrected chi connectivity index (χ4v) is 3.82. The first-order valence-corrected chi connectivity index (χ1v) is 9.33. The van der Waals surface area contributed by atoms with Crippen molar-refractivity contribution in [3.63, 3.8) is 0 Å². The van der Waals surface area contributed by atoms with Gasteiger partial charge in [0.1, 0.15) is 0 Å². The van der Waals surface area contributed by atoms with Gasteiger partial charge in [0.2, 0.25) is 0 Å². The molecule has 0 saturated carbocycles. The summed E-state index contributed by atoms with van der Waals surface area (Å²) in [5.74, 6) is 0.472. The van der Waals surface area contributed by atoms with E-state index < -0.39 is 0 Å². The molecule has 6 nitrogen and oxygen atoms in total. The molecule has 28 heavy (non-hydrogen) atoms. The maximum absolute atomic E-state index is 12.6. The molecule has 0 bridgehead atoms. The van der Waals surface area contributed by atoms with Crippen LogP contribution in [-0.2, 0) is 7.05 Å². The SMILES string of the molecule is Cn1ccnc1-c1sc(NC(=O)c2cccc(C#N)c2)nc1-c1ccccc1. The number of aryl methyl sites for hydroxylation is 1. The molecule has 1 N–H and O–H groups in total. The summed E-state index contributed by atoms with van der Waals surface area (Å²) < 4.78 is 1.92. The van der Waals surface area contributed by atoms with E-state index >= 15 is 0 Å². The Hall–Kier alpha value is -3.76. The zero-order valence-corrected chi connectivity index (χ0v) is 15.8. The van der Waals surface area contributed by atoms with E-state index in [1.54, 1.807) is 30.5 Å². The second-order valence-corrected chi connectivity index (χ2v) is 7.07. The van der Waals surface area contributed by atoms with Crippen LogP contribution in [0.5, 0.6) is 0 Å². The third-order valence-corrected chi connectivity index (χ3v) is 5.14. The molecule has 136 valence electrons. The van der Waals surface area contributed by atoms with E-state index in [0.717, 1.165) is 22.0 Å². The lowest BCUT2D eigenvalue weighted by atomic mass is 10.1. The number of anilines is 1. The lowest BCUT2D eigenvalue weighted by Gasteiger charge is -2.02. The number of hydrogen-bond acceptors (Lipinski definition) is 5. The molecule has 0 radical (unpaired) electrons. The summed E-state index contributed by atoms with van der Waals surface area (Å²) in [6, 6.07) is 18.4. The summed E-state index contributed by atoms with van der Waals surface area (Å²) >= 11 is 1.37. The van der Waals surface area contributed by atoms with Crippen molar-refractivity contribution in [1.29, 1.82) is 5.26 Å². The molecule has 0 atom stereocenters. The van der Waals surface area contributed by atoms with E-state index in [0.29, 0.717) is 16.3 Å². The van der Waals surface area contributed by atoms with Crippen molar-refractivity contribution in [3.05, 3.63) is 78.1 Å². The summed E-state index contributed by atoms with van der Waals surface area (Å²) in [6.07, 6.45) is 3.60. The highest BCUT2D eigenvalue weighted by atomic mass is 32.1. The van der Waals surface area contributed by atoms with E-state index in [4.69, 9.17) is 5.26 Å². The largest absolute Gasteiger partial charge is 0.333 e. The number of nitrogens with zero attached hydrogens (tertiary/aromatic N) is 4. The minimum atomic E-state index is -0.308. The molecule has 0 aliphatic heterocycles. The molecule has 2 heterocycles. The minimum Gasteiger partial charge on any atom is -0.333 e. The molecule has 0 aliphatic carbocycles. The summed E-state index contributed by atoms with van der Waals surface area (Å²) in [4.78, 5) is 22.6. The van der Waals surface area contributed by atoms with Crippen LogP contribution in [-0.4, -0.2) is 20.4 Å². The van der Waals surface area contributed by atoms with Crippen LogP contribution in [0.1, 0.15) is 15.9 Å². The van der Waals surface area contributed by atoms with Gasteiger partial charge in [0.25, 0.3) is 5.91 Å². The van der Waals surface area contributed by atoms with Gasteiger partial charge in [-0.15, -0.1) is 0 Å². The Morgan fingerprint density at radius 2 is 2.00 bits per heavy atom. The predicted octanol–water partition coefficient (Wildman–Crippen LogP) is 4.33. The van der Waals surface area contributed by atoms with Crippen molar-refractivity contribution in [2.24, 2.45) is 7.05 Å². The number of benzene rings is 2. The maximum atomic E-state index is 12.6. The summed E-state index contributed by atoms with van der Waals surface area (Å²) in [5.41, 5.74) is 2.56. The van der Waals surface area contributed by atoms with E-state index in [1.807, 2.05) is 54.2 Å². The zero-order chi connectivity index (χ0) is 19.5. The number of carbonyl (C=O) groups excluding carboxylic acids is 1. The Morgan fingerprint density at radius 1 is 1.18 bits per heavy atom. The minimum absolute atomic E-state index is 0.308. The number of nitrogens with one attached hydrogen (secondary N) is 1. The number of hydrogen-bond donors (Lipinski definition) is 1. The van der Waals surface area contributed by atoms with Crippen molar-refractivity contribution in [2.75, 3.05) is 5.32 Å². The number of imidazole rings is 1. The molecule has 0 aliphatic rings. The van der Waals surface area contributed by atoms with Gasteiger partial charge >= 0.3 is 0 Å². The van der Waals surface area contributed by atoms with Crippen LogP contribution in [0.3, 0.4) is 0 Å². The molecule has 2 aromatic carbocycles. The average Bonchev–Trinajstić information content (AvgIpc) is 3.34. The first kappa shape index (κ1) is 17.6. The van der Waals surface area contributed by atoms with Crippen molar-refractivity contribution in [1.82, 2.24) is 14.5 Å². The average molecular weight is 385 g/mol. The van der Waals surface area contributed by atoms with E-state index in [9.17, 15) is 4.79 Å². The second-order valence-electron chi connectivity index (χ2n) is 6.07. The Labute approximate surface area is 165 Å². The van der Waals surface area contributed by atoms with E-state index in [-0.39, 0.29) is 5.91 Å². The lowest BCUT2D eigenvalue weighted by Crippen LogP contribution is -2.11. The van der Waals surface area contributed by atoms with Gasteiger partial charge in [0.15, 0.2) is 11.0 Å². The Kier molecular flexibility index (Phi) is 4.70. The standard InChI is InChI=1S/C21H15N5OS/c1-26-11-10-23-19(26)18-17(15-7-3-2-4-8-15)24-21(28-18)25-20(27)16-9-5-6-14(12-16)13-22/h2-12H,1H3,(H,24,25,27). The van der Waals surface area contributed by atoms with Crippen molar-refractivity contribution in [2.45, 2.75) is 0 Å². The van der Waals surface area contributed by atoms with E-state index in [1.165, 1.54) is 11.3 Å². The van der Waals surface area contributed by atoms with Crippen molar-refractivity contribution in [3.8, 4) is 28.0 Å². The van der Waals surface area contributed by atoms with Crippen LogP contribution < -0.4 is 5.32 Å². The summed E-state index contributed by atoms with van der Waals surface area (Å²) in [7, 11) is 1.92. The quantitative estimate of drug-likeness (QED) is 0.567. The Morgan fingerprint density at radius 3 is 2.71 bits per heavy atom. The molecule has 0 fully saturated rings. The normalized spacial score (nSPS) is 10.4. The van der Waals surface area contributed by atoms with Crippen LogP contribution in [0.4, 0.5) is 5.13 Å².